The van der Waals surface area contributed by atoms with Crippen LogP contribution >= 0.6 is 0 Å². The first-order chi connectivity index (χ1) is 13.7. The van der Waals surface area contributed by atoms with Gasteiger partial charge in [-0.25, -0.2) is 0 Å². The Kier molecular flexibility index (Phi) is 4.49. The Labute approximate surface area is 167 Å². The third-order valence-electron chi connectivity index (χ3n) is 7.03. The molecule has 3 aromatic carbocycles. The Morgan fingerprint density at radius 2 is 1.57 bits per heavy atom. The van der Waals surface area contributed by atoms with Gasteiger partial charge in [0.1, 0.15) is 0 Å². The molecule has 0 aromatic heterocycles. The van der Waals surface area contributed by atoms with E-state index in [1.165, 1.54) is 70.7 Å². The summed E-state index contributed by atoms with van der Waals surface area (Å²) in [6.07, 6.45) is 6.52. The molecule has 28 heavy (non-hydrogen) atoms. The Bertz CT molecular complexity index is 1000. The summed E-state index contributed by atoms with van der Waals surface area (Å²) in [5.41, 5.74) is 6.54. The van der Waals surface area contributed by atoms with E-state index < -0.39 is 0 Å². The number of benzene rings is 3. The third kappa shape index (κ3) is 2.70. The first kappa shape index (κ1) is 17.9. The van der Waals surface area contributed by atoms with E-state index in [0.29, 0.717) is 5.92 Å². The highest BCUT2D eigenvalue weighted by Gasteiger charge is 2.37. The van der Waals surface area contributed by atoms with Crippen LogP contribution in [0.2, 0.25) is 0 Å². The molecule has 1 heterocycles. The highest BCUT2D eigenvalue weighted by molar-refractivity contribution is 5.93. The standard InChI is InChI=1S/C26H29NO/c1-17-13-14-20-15-16-22(19-9-5-3-6-10-19)25-24(20)23(17)18(2)27(28)26(25)21-11-7-4-8-12-21/h4,7-8,11-16,18-19,26,28H,3,5-6,9-10H2,1-2H3/t18-,26-/m0/s1. The summed E-state index contributed by atoms with van der Waals surface area (Å²) in [6.45, 7) is 4.31. The lowest BCUT2D eigenvalue weighted by molar-refractivity contribution is -0.151. The molecule has 3 aromatic rings. The molecule has 2 atom stereocenters. The summed E-state index contributed by atoms with van der Waals surface area (Å²) in [5.74, 6) is 0.606. The van der Waals surface area contributed by atoms with Gasteiger partial charge in [-0.3, -0.25) is 0 Å². The molecule has 2 nitrogen and oxygen atoms in total. The SMILES string of the molecule is Cc1ccc2ccc(C3CCCCC3)c3c2c1[C@H](C)N(O)[C@H]3c1ccccc1. The highest BCUT2D eigenvalue weighted by Crippen LogP contribution is 2.50. The molecule has 1 fully saturated rings. The molecule has 1 saturated carbocycles. The average molecular weight is 372 g/mol. The van der Waals surface area contributed by atoms with E-state index in [-0.39, 0.29) is 12.1 Å². The fraction of sp³-hybridized carbons (Fsp3) is 0.385. The van der Waals surface area contributed by atoms with Gasteiger partial charge in [0.25, 0.3) is 0 Å². The van der Waals surface area contributed by atoms with Gasteiger partial charge < -0.3 is 5.21 Å². The Morgan fingerprint density at radius 1 is 0.857 bits per heavy atom. The van der Waals surface area contributed by atoms with E-state index >= 15 is 0 Å². The van der Waals surface area contributed by atoms with Crippen LogP contribution in [-0.4, -0.2) is 10.3 Å². The summed E-state index contributed by atoms with van der Waals surface area (Å²) >= 11 is 0. The van der Waals surface area contributed by atoms with Gasteiger partial charge in [-0.15, -0.1) is 0 Å². The maximum absolute atomic E-state index is 11.4. The van der Waals surface area contributed by atoms with Crippen molar-refractivity contribution in [1.29, 1.82) is 0 Å². The van der Waals surface area contributed by atoms with Crippen molar-refractivity contribution < 1.29 is 5.21 Å². The number of hydroxylamine groups is 2. The lowest BCUT2D eigenvalue weighted by Gasteiger charge is -2.41. The number of rotatable bonds is 2. The number of nitrogens with zero attached hydrogens (tertiary/aromatic N) is 1. The zero-order valence-corrected chi connectivity index (χ0v) is 16.9. The van der Waals surface area contributed by atoms with Gasteiger partial charge in [0.05, 0.1) is 12.1 Å². The highest BCUT2D eigenvalue weighted by atomic mass is 16.5. The topological polar surface area (TPSA) is 23.5 Å². The van der Waals surface area contributed by atoms with Crippen LogP contribution in [0.25, 0.3) is 10.8 Å². The molecule has 2 heteroatoms. The van der Waals surface area contributed by atoms with E-state index in [2.05, 4.69) is 68.4 Å². The molecule has 0 unspecified atom stereocenters. The monoisotopic (exact) mass is 371 g/mol. The molecule has 0 spiro atoms. The largest absolute Gasteiger partial charge is 0.312 e. The zero-order chi connectivity index (χ0) is 19.3. The molecule has 0 bridgehead atoms. The molecule has 5 rings (SSSR count). The maximum Gasteiger partial charge on any atom is 0.0865 e. The minimum absolute atomic E-state index is 0.0250. The van der Waals surface area contributed by atoms with Crippen molar-refractivity contribution in [2.45, 2.75) is 64.0 Å². The molecule has 1 aliphatic heterocycles. The summed E-state index contributed by atoms with van der Waals surface area (Å²) in [4.78, 5) is 0. The van der Waals surface area contributed by atoms with Gasteiger partial charge >= 0.3 is 0 Å². The normalized spacial score (nSPS) is 23.2. The number of hydrogen-bond donors (Lipinski definition) is 1. The zero-order valence-electron chi connectivity index (χ0n) is 16.9. The van der Waals surface area contributed by atoms with Crippen molar-refractivity contribution >= 4 is 10.8 Å². The quantitative estimate of drug-likeness (QED) is 0.521. The Hall–Kier alpha value is -2.16. The van der Waals surface area contributed by atoms with Gasteiger partial charge in [0.2, 0.25) is 0 Å². The minimum Gasteiger partial charge on any atom is -0.312 e. The first-order valence-corrected chi connectivity index (χ1v) is 10.7. The molecular weight excluding hydrogens is 342 g/mol. The third-order valence-corrected chi connectivity index (χ3v) is 7.03. The summed E-state index contributed by atoms with van der Waals surface area (Å²) in [6, 6.07) is 19.5. The van der Waals surface area contributed by atoms with Crippen LogP contribution < -0.4 is 0 Å². The predicted molar refractivity (Wildman–Crippen MR) is 115 cm³/mol. The second-order valence-corrected chi connectivity index (χ2v) is 8.67. The fourth-order valence-corrected chi connectivity index (χ4v) is 5.64. The Balaban J connectivity index is 1.84. The molecule has 144 valence electrons. The summed E-state index contributed by atoms with van der Waals surface area (Å²) in [5, 5.41) is 15.7. The van der Waals surface area contributed by atoms with Crippen LogP contribution in [0.5, 0.6) is 0 Å². The maximum atomic E-state index is 11.4. The van der Waals surface area contributed by atoms with Crippen molar-refractivity contribution in [3.63, 3.8) is 0 Å². The second-order valence-electron chi connectivity index (χ2n) is 8.67. The van der Waals surface area contributed by atoms with E-state index in [0.717, 1.165) is 0 Å². The van der Waals surface area contributed by atoms with Crippen LogP contribution in [0, 0.1) is 6.92 Å². The van der Waals surface area contributed by atoms with Gasteiger partial charge in [0, 0.05) is 0 Å². The van der Waals surface area contributed by atoms with Gasteiger partial charge in [-0.05, 0) is 71.2 Å². The lowest BCUT2D eigenvalue weighted by Crippen LogP contribution is -2.34. The summed E-state index contributed by atoms with van der Waals surface area (Å²) < 4.78 is 0. The van der Waals surface area contributed by atoms with E-state index in [1.54, 1.807) is 5.06 Å². The van der Waals surface area contributed by atoms with Crippen LogP contribution in [0.1, 0.15) is 84.8 Å². The number of hydrogen-bond acceptors (Lipinski definition) is 2. The van der Waals surface area contributed by atoms with Crippen molar-refractivity contribution in [3.05, 3.63) is 82.4 Å². The molecule has 2 aliphatic rings. The van der Waals surface area contributed by atoms with E-state index in [9.17, 15) is 5.21 Å². The fourth-order valence-electron chi connectivity index (χ4n) is 5.64. The van der Waals surface area contributed by atoms with Gasteiger partial charge in [-0.2, -0.15) is 5.06 Å². The van der Waals surface area contributed by atoms with Gasteiger partial charge in [0.15, 0.2) is 0 Å². The molecule has 0 saturated heterocycles. The summed E-state index contributed by atoms with van der Waals surface area (Å²) in [7, 11) is 0. The Morgan fingerprint density at radius 3 is 2.32 bits per heavy atom. The first-order valence-electron chi connectivity index (χ1n) is 10.7. The molecule has 0 amide bonds. The predicted octanol–water partition coefficient (Wildman–Crippen LogP) is 7.05. The van der Waals surface area contributed by atoms with E-state index in [4.69, 9.17) is 0 Å². The van der Waals surface area contributed by atoms with Crippen molar-refractivity contribution in [3.8, 4) is 0 Å². The van der Waals surface area contributed by atoms with Crippen molar-refractivity contribution in [2.24, 2.45) is 0 Å². The van der Waals surface area contributed by atoms with Crippen LogP contribution in [0.15, 0.2) is 54.6 Å². The lowest BCUT2D eigenvalue weighted by atomic mass is 9.75. The minimum atomic E-state index is -0.105. The smallest absolute Gasteiger partial charge is 0.0865 e. The molecule has 1 N–H and O–H groups in total. The second kappa shape index (κ2) is 7.02. The molecule has 0 radical (unpaired) electrons. The van der Waals surface area contributed by atoms with Crippen LogP contribution in [0.3, 0.4) is 0 Å². The van der Waals surface area contributed by atoms with Gasteiger partial charge in [-0.1, -0.05) is 73.9 Å². The van der Waals surface area contributed by atoms with Crippen LogP contribution in [0.4, 0.5) is 0 Å². The van der Waals surface area contributed by atoms with E-state index in [1.807, 2.05) is 0 Å². The number of aryl methyl sites for hydroxylation is 1. The average Bonchev–Trinajstić information content (AvgIpc) is 2.74. The van der Waals surface area contributed by atoms with Crippen LogP contribution in [-0.2, 0) is 0 Å². The van der Waals surface area contributed by atoms with Crippen molar-refractivity contribution in [2.75, 3.05) is 0 Å². The molecule has 1 aliphatic carbocycles. The molecular formula is C26H29NO. The van der Waals surface area contributed by atoms with Crippen molar-refractivity contribution in [1.82, 2.24) is 5.06 Å².